The molecule has 23 heavy (non-hydrogen) atoms. The molecule has 8 heteroatoms. The fourth-order valence-electron chi connectivity index (χ4n) is 2.61. The lowest BCUT2D eigenvalue weighted by Crippen LogP contribution is -2.08. The number of pyridine rings is 1. The van der Waals surface area contributed by atoms with Crippen LogP contribution in [-0.4, -0.2) is 24.7 Å². The monoisotopic (exact) mass is 317 g/mol. The Morgan fingerprint density at radius 3 is 2.70 bits per heavy atom. The summed E-state index contributed by atoms with van der Waals surface area (Å²) < 4.78 is 40.4. The van der Waals surface area contributed by atoms with Crippen LogP contribution in [-0.2, 0) is 6.18 Å². The van der Waals surface area contributed by atoms with E-state index in [1.165, 1.54) is 6.07 Å². The third kappa shape index (κ3) is 2.14. The second kappa shape index (κ2) is 4.55. The van der Waals surface area contributed by atoms with Gasteiger partial charge in [-0.3, -0.25) is 9.67 Å². The van der Waals surface area contributed by atoms with Crippen molar-refractivity contribution >= 4 is 22.1 Å². The molecule has 5 nitrogen and oxygen atoms in total. The summed E-state index contributed by atoms with van der Waals surface area (Å²) in [5, 5.41) is 7.63. The Morgan fingerprint density at radius 2 is 1.91 bits per heavy atom. The van der Waals surface area contributed by atoms with Crippen LogP contribution >= 0.6 is 0 Å². The van der Waals surface area contributed by atoms with Gasteiger partial charge >= 0.3 is 6.18 Å². The zero-order valence-electron chi connectivity index (χ0n) is 11.9. The van der Waals surface area contributed by atoms with Crippen molar-refractivity contribution in [2.45, 2.75) is 13.1 Å². The van der Waals surface area contributed by atoms with Gasteiger partial charge < -0.3 is 0 Å². The molecule has 0 aliphatic rings. The average molecular weight is 317 g/mol. The second-order valence-corrected chi connectivity index (χ2v) is 5.17. The Morgan fingerprint density at radius 1 is 1.09 bits per heavy atom. The molecule has 0 bridgehead atoms. The number of hydrogen-bond acceptors (Lipinski definition) is 3. The molecule has 0 radical (unpaired) electrons. The quantitative estimate of drug-likeness (QED) is 0.583. The molecule has 4 aromatic rings. The standard InChI is InChI=1S/C15H10F3N5/c1-8-20-12-4-5-13(15(16,17)18)21-14(12)23(8)10-2-3-11-9(6-10)7-19-22-11/h2-7H,1H3,(H,19,22). The molecule has 3 aromatic heterocycles. The molecule has 0 atom stereocenters. The number of imidazole rings is 1. The zero-order chi connectivity index (χ0) is 16.2. The molecule has 4 rings (SSSR count). The molecule has 3 heterocycles. The van der Waals surface area contributed by atoms with E-state index in [1.807, 2.05) is 12.1 Å². The van der Waals surface area contributed by atoms with Gasteiger partial charge in [0.2, 0.25) is 0 Å². The van der Waals surface area contributed by atoms with E-state index in [9.17, 15) is 13.2 Å². The number of hydrogen-bond donors (Lipinski definition) is 1. The Kier molecular flexibility index (Phi) is 2.72. The van der Waals surface area contributed by atoms with E-state index < -0.39 is 11.9 Å². The lowest BCUT2D eigenvalue weighted by molar-refractivity contribution is -0.141. The first-order chi connectivity index (χ1) is 10.9. The number of aromatic amines is 1. The van der Waals surface area contributed by atoms with Crippen LogP contribution in [0.1, 0.15) is 11.5 Å². The predicted molar refractivity (Wildman–Crippen MR) is 78.3 cm³/mol. The molecule has 0 unspecified atom stereocenters. The van der Waals surface area contributed by atoms with Crippen molar-refractivity contribution in [3.63, 3.8) is 0 Å². The highest BCUT2D eigenvalue weighted by molar-refractivity contribution is 5.82. The maximum absolute atomic E-state index is 12.9. The van der Waals surface area contributed by atoms with E-state index in [0.717, 1.165) is 17.0 Å². The van der Waals surface area contributed by atoms with Crippen molar-refractivity contribution in [1.82, 2.24) is 24.7 Å². The van der Waals surface area contributed by atoms with Crippen LogP contribution in [0.2, 0.25) is 0 Å². The first-order valence-electron chi connectivity index (χ1n) is 6.80. The van der Waals surface area contributed by atoms with Crippen LogP contribution in [0.5, 0.6) is 0 Å². The molecular formula is C15H10F3N5. The van der Waals surface area contributed by atoms with Crippen LogP contribution < -0.4 is 0 Å². The summed E-state index contributed by atoms with van der Waals surface area (Å²) in [4.78, 5) is 8.05. The molecule has 1 N–H and O–H groups in total. The topological polar surface area (TPSA) is 59.4 Å². The van der Waals surface area contributed by atoms with Crippen molar-refractivity contribution in [3.05, 3.63) is 48.0 Å². The van der Waals surface area contributed by atoms with E-state index in [1.54, 1.807) is 23.8 Å². The largest absolute Gasteiger partial charge is 0.433 e. The molecule has 0 fully saturated rings. The van der Waals surface area contributed by atoms with E-state index in [0.29, 0.717) is 17.0 Å². The number of aryl methyl sites for hydroxylation is 1. The van der Waals surface area contributed by atoms with Gasteiger partial charge in [0, 0.05) is 11.1 Å². The summed E-state index contributed by atoms with van der Waals surface area (Å²) in [6, 6.07) is 7.71. The Balaban J connectivity index is 1.99. The van der Waals surface area contributed by atoms with Crippen LogP contribution in [0, 0.1) is 6.92 Å². The van der Waals surface area contributed by atoms with E-state index in [-0.39, 0.29) is 5.65 Å². The van der Waals surface area contributed by atoms with Crippen molar-refractivity contribution in [2.24, 2.45) is 0 Å². The second-order valence-electron chi connectivity index (χ2n) is 5.17. The Hall–Kier alpha value is -2.90. The predicted octanol–water partition coefficient (Wildman–Crippen LogP) is 3.62. The first kappa shape index (κ1) is 13.7. The number of benzene rings is 1. The number of aromatic nitrogens is 5. The lowest BCUT2D eigenvalue weighted by atomic mass is 10.2. The minimum atomic E-state index is -4.49. The molecule has 0 spiro atoms. The van der Waals surface area contributed by atoms with Gasteiger partial charge in [0.15, 0.2) is 5.65 Å². The molecule has 1 aromatic carbocycles. The fourth-order valence-corrected chi connectivity index (χ4v) is 2.61. The van der Waals surface area contributed by atoms with Gasteiger partial charge in [0.05, 0.1) is 11.7 Å². The molecule has 0 saturated heterocycles. The minimum Gasteiger partial charge on any atom is -0.281 e. The molecular weight excluding hydrogens is 307 g/mol. The maximum atomic E-state index is 12.9. The van der Waals surface area contributed by atoms with Crippen molar-refractivity contribution in [1.29, 1.82) is 0 Å². The summed E-state index contributed by atoms with van der Waals surface area (Å²) >= 11 is 0. The minimum absolute atomic E-state index is 0.181. The normalized spacial score (nSPS) is 12.3. The summed E-state index contributed by atoms with van der Waals surface area (Å²) in [5.41, 5.74) is 1.20. The highest BCUT2D eigenvalue weighted by Gasteiger charge is 2.33. The zero-order valence-corrected chi connectivity index (χ0v) is 11.9. The van der Waals surface area contributed by atoms with E-state index >= 15 is 0 Å². The van der Waals surface area contributed by atoms with Gasteiger partial charge in [-0.05, 0) is 37.3 Å². The third-order valence-electron chi connectivity index (χ3n) is 3.64. The number of alkyl halides is 3. The van der Waals surface area contributed by atoms with E-state index in [2.05, 4.69) is 20.2 Å². The smallest absolute Gasteiger partial charge is 0.281 e. The van der Waals surface area contributed by atoms with Crippen molar-refractivity contribution in [3.8, 4) is 5.69 Å². The van der Waals surface area contributed by atoms with Crippen LogP contribution in [0.3, 0.4) is 0 Å². The Labute approximate surface area is 127 Å². The number of rotatable bonds is 1. The fraction of sp³-hybridized carbons (Fsp3) is 0.133. The lowest BCUT2D eigenvalue weighted by Gasteiger charge is -2.08. The molecule has 0 aliphatic carbocycles. The van der Waals surface area contributed by atoms with Gasteiger partial charge in [-0.15, -0.1) is 0 Å². The molecule has 0 aliphatic heterocycles. The summed E-state index contributed by atoms with van der Waals surface area (Å²) in [7, 11) is 0. The number of H-pyrrole nitrogens is 1. The third-order valence-corrected chi connectivity index (χ3v) is 3.64. The highest BCUT2D eigenvalue weighted by atomic mass is 19.4. The van der Waals surface area contributed by atoms with Gasteiger partial charge in [0.1, 0.15) is 17.0 Å². The number of halogens is 3. The van der Waals surface area contributed by atoms with Gasteiger partial charge in [-0.1, -0.05) is 0 Å². The molecule has 116 valence electrons. The molecule has 0 saturated carbocycles. The summed E-state index contributed by atoms with van der Waals surface area (Å²) in [5.74, 6) is 0.565. The van der Waals surface area contributed by atoms with Crippen molar-refractivity contribution < 1.29 is 13.2 Å². The highest BCUT2D eigenvalue weighted by Crippen LogP contribution is 2.30. The summed E-state index contributed by atoms with van der Waals surface area (Å²) in [6.45, 7) is 1.73. The molecule has 0 amide bonds. The van der Waals surface area contributed by atoms with Gasteiger partial charge in [-0.25, -0.2) is 9.97 Å². The number of nitrogens with zero attached hydrogens (tertiary/aromatic N) is 4. The average Bonchev–Trinajstić information content (AvgIpc) is 3.07. The first-order valence-corrected chi connectivity index (χ1v) is 6.80. The number of nitrogens with one attached hydrogen (secondary N) is 1. The van der Waals surface area contributed by atoms with Crippen molar-refractivity contribution in [2.75, 3.05) is 0 Å². The number of fused-ring (bicyclic) bond motifs is 2. The van der Waals surface area contributed by atoms with E-state index in [4.69, 9.17) is 0 Å². The van der Waals surface area contributed by atoms with Gasteiger partial charge in [-0.2, -0.15) is 18.3 Å². The Bertz CT molecular complexity index is 1030. The SMILES string of the molecule is Cc1nc2ccc(C(F)(F)F)nc2n1-c1ccc2[nH]ncc2c1. The van der Waals surface area contributed by atoms with Gasteiger partial charge in [0.25, 0.3) is 0 Å². The van der Waals surface area contributed by atoms with Crippen LogP contribution in [0.25, 0.3) is 27.8 Å². The van der Waals surface area contributed by atoms with Crippen LogP contribution in [0.4, 0.5) is 13.2 Å². The summed E-state index contributed by atoms with van der Waals surface area (Å²) in [6.07, 6.45) is -2.84. The van der Waals surface area contributed by atoms with Crippen LogP contribution in [0.15, 0.2) is 36.5 Å². The maximum Gasteiger partial charge on any atom is 0.433 e.